The predicted octanol–water partition coefficient (Wildman–Crippen LogP) is 4.29. The van der Waals surface area contributed by atoms with Crippen LogP contribution < -0.4 is 4.90 Å². The maximum atomic E-state index is 13.3. The van der Waals surface area contributed by atoms with E-state index in [2.05, 4.69) is 9.88 Å². The van der Waals surface area contributed by atoms with Gasteiger partial charge in [-0.1, -0.05) is 45.9 Å². The highest BCUT2D eigenvalue weighted by molar-refractivity contribution is 7.90. The monoisotopic (exact) mass is 516 g/mol. The third-order valence-electron chi connectivity index (χ3n) is 5.85. The summed E-state index contributed by atoms with van der Waals surface area (Å²) in [5.41, 5.74) is 1.89. The molecule has 2 saturated heterocycles. The van der Waals surface area contributed by atoms with Crippen LogP contribution in [0.5, 0.6) is 0 Å². The van der Waals surface area contributed by atoms with Gasteiger partial charge in [-0.15, -0.1) is 0 Å². The van der Waals surface area contributed by atoms with Gasteiger partial charge in [-0.25, -0.2) is 22.2 Å². The highest BCUT2D eigenvalue weighted by atomic mass is 32.2. The van der Waals surface area contributed by atoms with Gasteiger partial charge in [-0.3, -0.25) is 0 Å². The third-order valence-corrected chi connectivity index (χ3v) is 7.66. The summed E-state index contributed by atoms with van der Waals surface area (Å²) in [5.74, 6) is 0. The zero-order valence-corrected chi connectivity index (χ0v) is 22.5. The first-order valence-corrected chi connectivity index (χ1v) is 13.9. The van der Waals surface area contributed by atoms with Crippen LogP contribution in [0, 0.1) is 6.92 Å². The lowest BCUT2D eigenvalue weighted by atomic mass is 10.2. The Labute approximate surface area is 213 Å². The highest BCUT2D eigenvalue weighted by Gasteiger charge is 2.29. The summed E-state index contributed by atoms with van der Waals surface area (Å²) < 4.78 is 38.3. The fraction of sp³-hybridized carbons (Fsp3) is 0.462. The van der Waals surface area contributed by atoms with Gasteiger partial charge in [0.05, 0.1) is 18.1 Å². The van der Waals surface area contributed by atoms with Gasteiger partial charge in [0.1, 0.15) is 0 Å². The number of ether oxygens (including phenoxy) is 2. The SMILES string of the molecule is CC.CC.Cc1cc2c(N3CCN(C(=O)OC4COC4)CC3)ccnc2n1S(=O)(=O)c1ccccc1. The fourth-order valence-electron chi connectivity index (χ4n) is 4.09. The van der Waals surface area contributed by atoms with E-state index >= 15 is 0 Å². The molecule has 2 fully saturated rings. The summed E-state index contributed by atoms with van der Waals surface area (Å²) in [7, 11) is -3.77. The van der Waals surface area contributed by atoms with Crippen molar-refractivity contribution in [1.82, 2.24) is 13.9 Å². The number of piperazine rings is 1. The van der Waals surface area contributed by atoms with E-state index in [1.165, 1.54) is 3.97 Å². The fourth-order valence-corrected chi connectivity index (χ4v) is 5.61. The Morgan fingerprint density at radius 3 is 2.22 bits per heavy atom. The average Bonchev–Trinajstić information content (AvgIpc) is 3.25. The number of fused-ring (bicyclic) bond motifs is 1. The van der Waals surface area contributed by atoms with E-state index in [-0.39, 0.29) is 17.1 Å². The van der Waals surface area contributed by atoms with Crippen LogP contribution in [0.25, 0.3) is 11.0 Å². The van der Waals surface area contributed by atoms with E-state index in [1.807, 2.05) is 39.8 Å². The number of benzene rings is 1. The summed E-state index contributed by atoms with van der Waals surface area (Å²) in [6.45, 7) is 13.0. The Hall–Kier alpha value is -3.11. The molecule has 36 heavy (non-hydrogen) atoms. The largest absolute Gasteiger partial charge is 0.441 e. The zero-order chi connectivity index (χ0) is 26.3. The number of hydrogen-bond acceptors (Lipinski definition) is 7. The zero-order valence-electron chi connectivity index (χ0n) is 21.7. The molecule has 0 unspecified atom stereocenters. The molecule has 5 rings (SSSR count). The molecule has 10 heteroatoms. The molecule has 0 bridgehead atoms. The number of aromatic nitrogens is 2. The second-order valence-corrected chi connectivity index (χ2v) is 9.74. The first kappa shape index (κ1) is 27.5. The van der Waals surface area contributed by atoms with Crippen molar-refractivity contribution in [2.75, 3.05) is 44.3 Å². The Morgan fingerprint density at radius 2 is 1.64 bits per heavy atom. The summed E-state index contributed by atoms with van der Waals surface area (Å²) >= 11 is 0. The number of carbonyl (C=O) groups excluding carboxylic acids is 1. The lowest BCUT2D eigenvalue weighted by Crippen LogP contribution is -2.51. The van der Waals surface area contributed by atoms with Gasteiger partial charge in [0, 0.05) is 49.1 Å². The van der Waals surface area contributed by atoms with Gasteiger partial charge in [-0.05, 0) is 31.2 Å². The van der Waals surface area contributed by atoms with Crippen molar-refractivity contribution in [2.24, 2.45) is 0 Å². The highest BCUT2D eigenvalue weighted by Crippen LogP contribution is 2.31. The van der Waals surface area contributed by atoms with Crippen LogP contribution >= 0.6 is 0 Å². The van der Waals surface area contributed by atoms with Crippen molar-refractivity contribution in [3.05, 3.63) is 54.4 Å². The van der Waals surface area contributed by atoms with Crippen LogP contribution in [-0.4, -0.2) is 73.9 Å². The second-order valence-electron chi connectivity index (χ2n) is 7.95. The van der Waals surface area contributed by atoms with Crippen LogP contribution in [0.3, 0.4) is 0 Å². The molecule has 2 aliphatic heterocycles. The van der Waals surface area contributed by atoms with E-state index in [0.29, 0.717) is 50.7 Å². The average molecular weight is 517 g/mol. The van der Waals surface area contributed by atoms with Crippen LogP contribution in [-0.2, 0) is 19.5 Å². The molecule has 2 aromatic heterocycles. The summed E-state index contributed by atoms with van der Waals surface area (Å²) in [5, 5.41) is 0.771. The van der Waals surface area contributed by atoms with Gasteiger partial charge in [0.2, 0.25) is 0 Å². The maximum absolute atomic E-state index is 13.3. The van der Waals surface area contributed by atoms with Gasteiger partial charge in [-0.2, -0.15) is 0 Å². The standard InChI is InChI=1S/C22H24N4O5S.2C2H6/c1-16-13-19-20(24-9-11-25(12-10-24)22(27)31-17-14-30-15-17)7-8-23-21(19)26(16)32(28,29)18-5-3-2-4-6-18;2*1-2/h2-8,13,17H,9-12,14-15H2,1H3;2*1-2H3. The topological polar surface area (TPSA) is 94.0 Å². The van der Waals surface area contributed by atoms with Crippen molar-refractivity contribution >= 4 is 32.8 Å². The molecule has 196 valence electrons. The van der Waals surface area contributed by atoms with Crippen molar-refractivity contribution < 1.29 is 22.7 Å². The number of anilines is 1. The number of nitrogens with zero attached hydrogens (tertiary/aromatic N) is 4. The van der Waals surface area contributed by atoms with Crippen molar-refractivity contribution in [1.29, 1.82) is 0 Å². The number of aryl methyl sites for hydroxylation is 1. The third kappa shape index (κ3) is 5.49. The molecule has 3 aromatic rings. The smallest absolute Gasteiger partial charge is 0.410 e. The minimum absolute atomic E-state index is 0.144. The summed E-state index contributed by atoms with van der Waals surface area (Å²) in [4.78, 5) is 20.8. The molecule has 0 N–H and O–H groups in total. The molecular weight excluding hydrogens is 480 g/mol. The predicted molar refractivity (Wildman–Crippen MR) is 141 cm³/mol. The number of pyridine rings is 1. The van der Waals surface area contributed by atoms with Crippen molar-refractivity contribution in [3.63, 3.8) is 0 Å². The molecule has 2 aliphatic rings. The van der Waals surface area contributed by atoms with Gasteiger partial charge in [0.15, 0.2) is 11.8 Å². The number of amides is 1. The molecule has 0 saturated carbocycles. The Kier molecular flexibility index (Phi) is 9.33. The molecule has 1 aromatic carbocycles. The van der Waals surface area contributed by atoms with Gasteiger partial charge in [0.25, 0.3) is 10.0 Å². The first-order valence-electron chi connectivity index (χ1n) is 12.5. The van der Waals surface area contributed by atoms with E-state index in [1.54, 1.807) is 48.4 Å². The second kappa shape index (κ2) is 12.2. The molecule has 0 aliphatic carbocycles. The van der Waals surface area contributed by atoms with E-state index < -0.39 is 10.0 Å². The molecular formula is C26H36N4O5S. The minimum atomic E-state index is -3.77. The lowest BCUT2D eigenvalue weighted by Gasteiger charge is -2.37. The number of hydrogen-bond donors (Lipinski definition) is 0. The van der Waals surface area contributed by atoms with Crippen molar-refractivity contribution in [2.45, 2.75) is 45.6 Å². The first-order chi connectivity index (χ1) is 17.4. The summed E-state index contributed by atoms with van der Waals surface area (Å²) in [6.07, 6.45) is 1.18. The van der Waals surface area contributed by atoms with Gasteiger partial charge >= 0.3 is 6.09 Å². The van der Waals surface area contributed by atoms with E-state index in [0.717, 1.165) is 11.1 Å². The van der Waals surface area contributed by atoms with E-state index in [9.17, 15) is 13.2 Å². The Balaban J connectivity index is 0.000000861. The normalized spacial score (nSPS) is 15.8. The Morgan fingerprint density at radius 1 is 1.00 bits per heavy atom. The molecule has 9 nitrogen and oxygen atoms in total. The van der Waals surface area contributed by atoms with E-state index in [4.69, 9.17) is 9.47 Å². The van der Waals surface area contributed by atoms with Crippen LogP contribution in [0.2, 0.25) is 0 Å². The van der Waals surface area contributed by atoms with Crippen LogP contribution in [0.4, 0.5) is 10.5 Å². The van der Waals surface area contributed by atoms with Crippen LogP contribution in [0.1, 0.15) is 33.4 Å². The number of rotatable bonds is 4. The molecule has 0 atom stereocenters. The quantitative estimate of drug-likeness (QED) is 0.511. The van der Waals surface area contributed by atoms with Gasteiger partial charge < -0.3 is 19.3 Å². The minimum Gasteiger partial charge on any atom is -0.441 e. The Bertz CT molecular complexity index is 1250. The molecule has 0 radical (unpaired) electrons. The van der Waals surface area contributed by atoms with Crippen molar-refractivity contribution in [3.8, 4) is 0 Å². The lowest BCUT2D eigenvalue weighted by molar-refractivity contribution is -0.104. The van der Waals surface area contributed by atoms with Crippen LogP contribution in [0.15, 0.2) is 53.6 Å². The summed E-state index contributed by atoms with van der Waals surface area (Å²) in [6, 6.07) is 12.1. The molecule has 4 heterocycles. The number of carbonyl (C=O) groups is 1. The molecule has 1 amide bonds. The molecule has 0 spiro atoms. The maximum Gasteiger partial charge on any atom is 0.410 e.